The number of amides is 1. The summed E-state index contributed by atoms with van der Waals surface area (Å²) in [5, 5.41) is 13.0. The Labute approximate surface area is 117 Å². The van der Waals surface area contributed by atoms with Crippen molar-refractivity contribution in [2.75, 3.05) is 26.8 Å². The maximum absolute atomic E-state index is 12.4. The number of morpholine rings is 1. The van der Waals surface area contributed by atoms with E-state index in [9.17, 15) is 9.90 Å². The molecule has 0 spiro atoms. The Morgan fingerprint density at radius 2 is 2.40 bits per heavy atom. The number of aliphatic hydroxyl groups excluding tert-OH is 1. The van der Waals surface area contributed by atoms with Crippen molar-refractivity contribution in [1.82, 2.24) is 10.1 Å². The second kappa shape index (κ2) is 5.90. The van der Waals surface area contributed by atoms with E-state index in [1.54, 1.807) is 18.1 Å². The van der Waals surface area contributed by atoms with Crippen LogP contribution in [-0.2, 0) is 16.1 Å². The third-order valence-corrected chi connectivity index (χ3v) is 3.04. The van der Waals surface area contributed by atoms with Gasteiger partial charge in [-0.3, -0.25) is 4.79 Å². The number of ether oxygens (including phenoxy) is 2. The van der Waals surface area contributed by atoms with E-state index < -0.39 is 5.60 Å². The Kier molecular flexibility index (Phi) is 4.42. The van der Waals surface area contributed by atoms with E-state index in [4.69, 9.17) is 14.0 Å². The molecule has 7 nitrogen and oxygen atoms in total. The van der Waals surface area contributed by atoms with Crippen LogP contribution < -0.4 is 0 Å². The van der Waals surface area contributed by atoms with Crippen molar-refractivity contribution in [1.29, 1.82) is 0 Å². The van der Waals surface area contributed by atoms with Gasteiger partial charge in [0.2, 0.25) is 0 Å². The molecule has 2 rings (SSSR count). The standard InChI is InChI=1S/C13H20N2O5/c1-13(2)8-15(5-10(6-16)19-13)12(17)11-4-9(7-18-3)20-14-11/h4,10,16H,5-8H2,1-3H3. The quantitative estimate of drug-likeness (QED) is 0.863. The van der Waals surface area contributed by atoms with Gasteiger partial charge in [0, 0.05) is 26.3 Å². The lowest BCUT2D eigenvalue weighted by Gasteiger charge is -2.41. The molecule has 0 radical (unpaired) electrons. The fourth-order valence-electron chi connectivity index (χ4n) is 2.33. The highest BCUT2D eigenvalue weighted by molar-refractivity contribution is 5.92. The molecule has 1 amide bonds. The number of nitrogens with zero attached hydrogens (tertiary/aromatic N) is 2. The molecule has 1 aliphatic rings. The minimum absolute atomic E-state index is 0.124. The first kappa shape index (κ1) is 15.0. The lowest BCUT2D eigenvalue weighted by atomic mass is 10.0. The number of aromatic nitrogens is 1. The van der Waals surface area contributed by atoms with Crippen LogP contribution in [0, 0.1) is 0 Å². The van der Waals surface area contributed by atoms with E-state index in [0.717, 1.165) is 0 Å². The molecule has 112 valence electrons. The number of aliphatic hydroxyl groups is 1. The van der Waals surface area contributed by atoms with E-state index in [1.165, 1.54) is 0 Å². The van der Waals surface area contributed by atoms with Crippen LogP contribution in [0.2, 0.25) is 0 Å². The highest BCUT2D eigenvalue weighted by Crippen LogP contribution is 2.22. The Bertz CT molecular complexity index is 471. The summed E-state index contributed by atoms with van der Waals surface area (Å²) < 4.78 is 15.6. The molecule has 1 fully saturated rings. The molecule has 0 aliphatic carbocycles. The molecule has 1 unspecified atom stereocenters. The monoisotopic (exact) mass is 284 g/mol. The van der Waals surface area contributed by atoms with E-state index in [-0.39, 0.29) is 30.9 Å². The molecular weight excluding hydrogens is 264 g/mol. The SMILES string of the molecule is COCc1cc(C(=O)N2CC(CO)OC(C)(C)C2)no1. The van der Waals surface area contributed by atoms with Gasteiger partial charge < -0.3 is 24.0 Å². The van der Waals surface area contributed by atoms with Crippen molar-refractivity contribution >= 4 is 5.91 Å². The Balaban J connectivity index is 2.10. The fraction of sp³-hybridized carbons (Fsp3) is 0.692. The van der Waals surface area contributed by atoms with E-state index in [1.807, 2.05) is 13.8 Å². The molecule has 1 aromatic heterocycles. The largest absolute Gasteiger partial charge is 0.394 e. The molecule has 1 atom stereocenters. The van der Waals surface area contributed by atoms with Crippen LogP contribution in [0.3, 0.4) is 0 Å². The number of hydrogen-bond donors (Lipinski definition) is 1. The highest BCUT2D eigenvalue weighted by Gasteiger charge is 2.36. The maximum Gasteiger partial charge on any atom is 0.276 e. The third-order valence-electron chi connectivity index (χ3n) is 3.04. The van der Waals surface area contributed by atoms with Crippen LogP contribution >= 0.6 is 0 Å². The van der Waals surface area contributed by atoms with E-state index in [0.29, 0.717) is 18.8 Å². The zero-order chi connectivity index (χ0) is 14.8. The summed E-state index contributed by atoms with van der Waals surface area (Å²) in [6.45, 7) is 4.69. The Morgan fingerprint density at radius 1 is 1.65 bits per heavy atom. The van der Waals surface area contributed by atoms with Crippen molar-refractivity contribution < 1.29 is 23.9 Å². The van der Waals surface area contributed by atoms with E-state index in [2.05, 4.69) is 5.16 Å². The zero-order valence-corrected chi connectivity index (χ0v) is 12.0. The van der Waals surface area contributed by atoms with Crippen LogP contribution in [-0.4, -0.2) is 59.6 Å². The summed E-state index contributed by atoms with van der Waals surface area (Å²) in [6, 6.07) is 1.57. The van der Waals surface area contributed by atoms with Crippen molar-refractivity contribution in [2.24, 2.45) is 0 Å². The predicted molar refractivity (Wildman–Crippen MR) is 69.2 cm³/mol. The van der Waals surface area contributed by atoms with Crippen LogP contribution in [0.1, 0.15) is 30.1 Å². The maximum atomic E-state index is 12.4. The average Bonchev–Trinajstić information content (AvgIpc) is 2.85. The second-order valence-corrected chi connectivity index (χ2v) is 5.48. The van der Waals surface area contributed by atoms with Gasteiger partial charge >= 0.3 is 0 Å². The molecule has 20 heavy (non-hydrogen) atoms. The molecular formula is C13H20N2O5. The molecule has 7 heteroatoms. The zero-order valence-electron chi connectivity index (χ0n) is 12.0. The van der Waals surface area contributed by atoms with Crippen molar-refractivity contribution in [3.63, 3.8) is 0 Å². The molecule has 1 saturated heterocycles. The second-order valence-electron chi connectivity index (χ2n) is 5.48. The highest BCUT2D eigenvalue weighted by atomic mass is 16.5. The Hall–Kier alpha value is -1.44. The topological polar surface area (TPSA) is 85.0 Å². The van der Waals surface area contributed by atoms with Crippen LogP contribution in [0.25, 0.3) is 0 Å². The van der Waals surface area contributed by atoms with Crippen LogP contribution in [0.15, 0.2) is 10.6 Å². The van der Waals surface area contributed by atoms with Gasteiger partial charge in [-0.1, -0.05) is 5.16 Å². The fourth-order valence-corrected chi connectivity index (χ4v) is 2.33. The van der Waals surface area contributed by atoms with Gasteiger partial charge in [0.05, 0.1) is 18.3 Å². The Morgan fingerprint density at radius 3 is 3.05 bits per heavy atom. The lowest BCUT2D eigenvalue weighted by Crippen LogP contribution is -2.55. The number of carbonyl (C=O) groups excluding carboxylic acids is 1. The first-order valence-corrected chi connectivity index (χ1v) is 6.47. The summed E-state index contributed by atoms with van der Waals surface area (Å²) >= 11 is 0. The molecule has 0 aromatic carbocycles. The molecule has 0 saturated carbocycles. The van der Waals surface area contributed by atoms with Crippen molar-refractivity contribution in [3.05, 3.63) is 17.5 Å². The van der Waals surface area contributed by atoms with Gasteiger partial charge in [-0.2, -0.15) is 0 Å². The van der Waals surface area contributed by atoms with Crippen molar-refractivity contribution in [2.45, 2.75) is 32.2 Å². The first-order valence-electron chi connectivity index (χ1n) is 6.47. The summed E-state index contributed by atoms with van der Waals surface area (Å²) in [5.41, 5.74) is -0.258. The van der Waals surface area contributed by atoms with Crippen molar-refractivity contribution in [3.8, 4) is 0 Å². The summed E-state index contributed by atoms with van der Waals surface area (Å²) in [4.78, 5) is 14.0. The molecule has 1 aliphatic heterocycles. The van der Waals surface area contributed by atoms with E-state index >= 15 is 0 Å². The minimum atomic E-state index is -0.500. The van der Waals surface area contributed by atoms with Gasteiger partial charge in [-0.15, -0.1) is 0 Å². The molecule has 1 N–H and O–H groups in total. The summed E-state index contributed by atoms with van der Waals surface area (Å²) in [5.74, 6) is 0.271. The van der Waals surface area contributed by atoms with Gasteiger partial charge in [-0.25, -0.2) is 0 Å². The van der Waals surface area contributed by atoms with Crippen LogP contribution in [0.4, 0.5) is 0 Å². The smallest absolute Gasteiger partial charge is 0.276 e. The van der Waals surface area contributed by atoms with Gasteiger partial charge in [-0.05, 0) is 13.8 Å². The predicted octanol–water partition coefficient (Wildman–Crippen LogP) is 0.433. The number of carbonyl (C=O) groups is 1. The number of hydrogen-bond acceptors (Lipinski definition) is 6. The molecule has 1 aromatic rings. The van der Waals surface area contributed by atoms with Gasteiger partial charge in [0.1, 0.15) is 6.61 Å². The summed E-state index contributed by atoms with van der Waals surface area (Å²) in [7, 11) is 1.54. The summed E-state index contributed by atoms with van der Waals surface area (Å²) in [6.07, 6.45) is -0.381. The van der Waals surface area contributed by atoms with Crippen LogP contribution in [0.5, 0.6) is 0 Å². The van der Waals surface area contributed by atoms with Gasteiger partial charge in [0.25, 0.3) is 5.91 Å². The average molecular weight is 284 g/mol. The molecule has 2 heterocycles. The number of methoxy groups -OCH3 is 1. The lowest BCUT2D eigenvalue weighted by molar-refractivity contribution is -0.139. The number of rotatable bonds is 4. The minimum Gasteiger partial charge on any atom is -0.394 e. The van der Waals surface area contributed by atoms with Gasteiger partial charge in [0.15, 0.2) is 11.5 Å². The third kappa shape index (κ3) is 3.36. The molecule has 0 bridgehead atoms. The first-order chi connectivity index (χ1) is 9.45. The normalized spacial score (nSPS) is 22.0.